The van der Waals surface area contributed by atoms with Crippen LogP contribution in [-0.2, 0) is 15.0 Å². The predicted octanol–water partition coefficient (Wildman–Crippen LogP) is 3.84. The number of rotatable bonds is 7. The summed E-state index contributed by atoms with van der Waals surface area (Å²) in [5, 5.41) is 12.5. The first-order chi connectivity index (χ1) is 18.2. The van der Waals surface area contributed by atoms with Gasteiger partial charge in [0.05, 0.1) is 25.2 Å². The SMILES string of the molecule is COc1ncc(NC(=O)C(c2cccnc2)N(C(=O)[C@H]2CCCN2C#N)c2ccc(C(C)(C)C)cc2)cn1. The van der Waals surface area contributed by atoms with Crippen molar-refractivity contribution in [3.05, 3.63) is 72.3 Å². The molecule has 2 atom stereocenters. The van der Waals surface area contributed by atoms with Crippen LogP contribution in [0.4, 0.5) is 11.4 Å². The molecule has 2 amide bonds. The number of carbonyl (C=O) groups excluding carboxylic acids is 2. The lowest BCUT2D eigenvalue weighted by Gasteiger charge is -2.34. The molecule has 0 aliphatic carbocycles. The summed E-state index contributed by atoms with van der Waals surface area (Å²) in [6.45, 7) is 6.82. The first-order valence-corrected chi connectivity index (χ1v) is 12.4. The van der Waals surface area contributed by atoms with Crippen LogP contribution in [0.2, 0.25) is 0 Å². The molecule has 2 aromatic heterocycles. The van der Waals surface area contributed by atoms with Crippen LogP contribution in [-0.4, -0.2) is 51.4 Å². The lowest BCUT2D eigenvalue weighted by Crippen LogP contribution is -2.49. The Labute approximate surface area is 222 Å². The van der Waals surface area contributed by atoms with E-state index in [0.29, 0.717) is 36.3 Å². The van der Waals surface area contributed by atoms with Gasteiger partial charge >= 0.3 is 6.01 Å². The van der Waals surface area contributed by atoms with Gasteiger partial charge in [0, 0.05) is 30.2 Å². The molecule has 10 nitrogen and oxygen atoms in total. The van der Waals surface area contributed by atoms with E-state index < -0.39 is 18.0 Å². The number of pyridine rings is 1. The van der Waals surface area contributed by atoms with Gasteiger partial charge in [0.15, 0.2) is 6.19 Å². The Morgan fingerprint density at radius 1 is 1.16 bits per heavy atom. The highest BCUT2D eigenvalue weighted by Gasteiger charge is 2.40. The molecule has 1 aromatic carbocycles. The van der Waals surface area contributed by atoms with Gasteiger partial charge in [-0.15, -0.1) is 0 Å². The van der Waals surface area contributed by atoms with Crippen molar-refractivity contribution in [2.75, 3.05) is 23.9 Å². The fourth-order valence-corrected chi connectivity index (χ4v) is 4.48. The summed E-state index contributed by atoms with van der Waals surface area (Å²) < 4.78 is 5.00. The molecule has 1 N–H and O–H groups in total. The molecule has 1 aliphatic heterocycles. The highest BCUT2D eigenvalue weighted by molar-refractivity contribution is 6.07. The second-order valence-electron chi connectivity index (χ2n) is 10.1. The molecule has 1 unspecified atom stereocenters. The van der Waals surface area contributed by atoms with E-state index in [-0.39, 0.29) is 17.3 Å². The summed E-state index contributed by atoms with van der Waals surface area (Å²) in [5.74, 6) is -0.802. The second-order valence-corrected chi connectivity index (χ2v) is 10.1. The number of nitrogens with one attached hydrogen (secondary N) is 1. The van der Waals surface area contributed by atoms with Crippen molar-refractivity contribution in [3.8, 4) is 12.2 Å². The molecule has 196 valence electrons. The van der Waals surface area contributed by atoms with Crippen molar-refractivity contribution in [2.24, 2.45) is 0 Å². The lowest BCUT2D eigenvalue weighted by molar-refractivity contribution is -0.126. The molecule has 3 heterocycles. The zero-order valence-corrected chi connectivity index (χ0v) is 22.0. The van der Waals surface area contributed by atoms with E-state index in [4.69, 9.17) is 4.74 Å². The van der Waals surface area contributed by atoms with E-state index >= 15 is 0 Å². The van der Waals surface area contributed by atoms with Crippen LogP contribution in [0.5, 0.6) is 6.01 Å². The molecule has 1 aliphatic rings. The molecular formula is C28H31N7O3. The number of likely N-dealkylation sites (tertiary alicyclic amines) is 1. The molecule has 0 bridgehead atoms. The number of ether oxygens (including phenoxy) is 1. The van der Waals surface area contributed by atoms with Crippen LogP contribution in [0.1, 0.15) is 50.8 Å². The van der Waals surface area contributed by atoms with E-state index in [1.54, 1.807) is 24.5 Å². The van der Waals surface area contributed by atoms with Gasteiger partial charge in [0.2, 0.25) is 0 Å². The van der Waals surface area contributed by atoms with Gasteiger partial charge < -0.3 is 10.1 Å². The zero-order valence-electron chi connectivity index (χ0n) is 22.0. The molecule has 4 rings (SSSR count). The first kappa shape index (κ1) is 26.5. The minimum absolute atomic E-state index is 0.0923. The van der Waals surface area contributed by atoms with Crippen LogP contribution in [0, 0.1) is 11.5 Å². The summed E-state index contributed by atoms with van der Waals surface area (Å²) in [7, 11) is 1.45. The molecule has 1 saturated heterocycles. The number of amides is 2. The normalized spacial score (nSPS) is 15.9. The first-order valence-electron chi connectivity index (χ1n) is 12.4. The topological polar surface area (TPSA) is 124 Å². The van der Waals surface area contributed by atoms with Crippen molar-refractivity contribution in [3.63, 3.8) is 0 Å². The number of hydrogen-bond donors (Lipinski definition) is 1. The Bertz CT molecular complexity index is 1300. The average molecular weight is 514 g/mol. The number of hydrogen-bond acceptors (Lipinski definition) is 8. The highest BCUT2D eigenvalue weighted by atomic mass is 16.5. The zero-order chi connectivity index (χ0) is 27.3. The van der Waals surface area contributed by atoms with Crippen LogP contribution in [0.25, 0.3) is 0 Å². The van der Waals surface area contributed by atoms with E-state index in [1.807, 2.05) is 24.3 Å². The van der Waals surface area contributed by atoms with E-state index in [0.717, 1.165) is 5.56 Å². The summed E-state index contributed by atoms with van der Waals surface area (Å²) in [6, 6.07) is 9.51. The smallest absolute Gasteiger partial charge is 0.316 e. The molecule has 0 spiro atoms. The van der Waals surface area contributed by atoms with Crippen LogP contribution >= 0.6 is 0 Å². The van der Waals surface area contributed by atoms with Crippen LogP contribution in [0.15, 0.2) is 61.2 Å². The van der Waals surface area contributed by atoms with Crippen molar-refractivity contribution < 1.29 is 14.3 Å². The molecule has 3 aromatic rings. The van der Waals surface area contributed by atoms with Crippen molar-refractivity contribution in [1.82, 2.24) is 19.9 Å². The van der Waals surface area contributed by atoms with Gasteiger partial charge in [-0.2, -0.15) is 5.26 Å². The fourth-order valence-electron chi connectivity index (χ4n) is 4.48. The maximum atomic E-state index is 14.1. The quantitative estimate of drug-likeness (QED) is 0.473. The minimum atomic E-state index is -1.07. The fraction of sp³-hybridized carbons (Fsp3) is 0.357. The molecule has 10 heteroatoms. The lowest BCUT2D eigenvalue weighted by atomic mass is 9.87. The number of anilines is 2. The van der Waals surface area contributed by atoms with Crippen LogP contribution < -0.4 is 15.0 Å². The molecule has 38 heavy (non-hydrogen) atoms. The van der Waals surface area contributed by atoms with Gasteiger partial charge in [-0.1, -0.05) is 39.0 Å². The maximum Gasteiger partial charge on any atom is 0.316 e. The van der Waals surface area contributed by atoms with E-state index in [9.17, 15) is 14.9 Å². The van der Waals surface area contributed by atoms with Gasteiger partial charge in [0.1, 0.15) is 12.1 Å². The minimum Gasteiger partial charge on any atom is -0.467 e. The Morgan fingerprint density at radius 3 is 2.45 bits per heavy atom. The van der Waals surface area contributed by atoms with Gasteiger partial charge in [-0.05, 0) is 42.0 Å². The predicted molar refractivity (Wildman–Crippen MR) is 142 cm³/mol. The second kappa shape index (κ2) is 11.3. The molecular weight excluding hydrogens is 482 g/mol. The summed E-state index contributed by atoms with van der Waals surface area (Å²) >= 11 is 0. The third kappa shape index (κ3) is 5.72. The van der Waals surface area contributed by atoms with E-state index in [1.165, 1.54) is 29.3 Å². The molecule has 0 radical (unpaired) electrons. The largest absolute Gasteiger partial charge is 0.467 e. The van der Waals surface area contributed by atoms with Crippen molar-refractivity contribution in [2.45, 2.75) is 51.1 Å². The summed E-state index contributed by atoms with van der Waals surface area (Å²) in [4.78, 5) is 43.3. The van der Waals surface area contributed by atoms with Gasteiger partial charge in [0.25, 0.3) is 11.8 Å². The third-order valence-electron chi connectivity index (χ3n) is 6.50. The number of aromatic nitrogens is 3. The Hall–Kier alpha value is -4.52. The van der Waals surface area contributed by atoms with Crippen LogP contribution in [0.3, 0.4) is 0 Å². The van der Waals surface area contributed by atoms with Crippen molar-refractivity contribution in [1.29, 1.82) is 5.26 Å². The number of benzene rings is 1. The maximum absolute atomic E-state index is 14.1. The standard InChI is InChI=1S/C28H31N7O3/c1-28(2,3)20-9-11-22(12-10-20)35(26(37)23-8-6-14-34(23)18-29)24(19-7-5-13-30-15-19)25(36)33-21-16-31-27(38-4)32-17-21/h5,7,9-13,15-17,23-24H,6,8,14H2,1-4H3,(H,33,36)/t23-,24?/m1/s1. The van der Waals surface area contributed by atoms with Gasteiger partial charge in [-0.3, -0.25) is 24.4 Å². The summed E-state index contributed by atoms with van der Waals surface area (Å²) in [6.07, 6.45) is 9.41. The van der Waals surface area contributed by atoms with E-state index in [2.05, 4.69) is 47.2 Å². The number of nitriles is 1. The monoisotopic (exact) mass is 513 g/mol. The number of nitrogens with zero attached hydrogens (tertiary/aromatic N) is 6. The number of carbonyl (C=O) groups is 2. The van der Waals surface area contributed by atoms with Gasteiger partial charge in [-0.25, -0.2) is 9.97 Å². The Balaban J connectivity index is 1.80. The summed E-state index contributed by atoms with van der Waals surface area (Å²) in [5.41, 5.74) is 2.41. The Kier molecular flexibility index (Phi) is 7.86. The average Bonchev–Trinajstić information content (AvgIpc) is 3.41. The highest BCUT2D eigenvalue weighted by Crippen LogP contribution is 2.33. The molecule has 1 fully saturated rings. The van der Waals surface area contributed by atoms with Crippen molar-refractivity contribution >= 4 is 23.2 Å². The molecule has 0 saturated carbocycles. The third-order valence-corrected chi connectivity index (χ3v) is 6.50. The Morgan fingerprint density at radius 2 is 1.87 bits per heavy atom. The number of methoxy groups -OCH3 is 1.